The second-order valence-electron chi connectivity index (χ2n) is 12.8. The second kappa shape index (κ2) is 11.5. The van der Waals surface area contributed by atoms with E-state index in [2.05, 4.69) is 197 Å². The van der Waals surface area contributed by atoms with Crippen LogP contribution >= 0.6 is 0 Å². The number of aromatic nitrogens is 3. The molecule has 10 aromatic rings. The van der Waals surface area contributed by atoms with Gasteiger partial charge in [-0.2, -0.15) is 0 Å². The fourth-order valence-electron chi connectivity index (χ4n) is 7.63. The number of rotatable bonds is 5. The summed E-state index contributed by atoms with van der Waals surface area (Å²) in [6.45, 7) is 0. The first kappa shape index (κ1) is 28.3. The summed E-state index contributed by atoms with van der Waals surface area (Å²) in [5.41, 5.74) is 13.3. The SMILES string of the molecule is c1ccc(-c2cc(-c3cccc(-n4c5ccccc5c5ccccc54)c3)cc(-c3cccc(-n4c5ccccc5c5ccccc54)c3)n2)cc1. The number of hydrogen-bond acceptors (Lipinski definition) is 1. The third-order valence-electron chi connectivity index (χ3n) is 9.89. The van der Waals surface area contributed by atoms with Gasteiger partial charge < -0.3 is 9.13 Å². The van der Waals surface area contributed by atoms with Gasteiger partial charge in [0.2, 0.25) is 0 Å². The average Bonchev–Trinajstić information content (AvgIpc) is 3.71. The third kappa shape index (κ3) is 4.56. The monoisotopic (exact) mass is 637 g/mol. The van der Waals surface area contributed by atoms with Crippen LogP contribution in [0, 0.1) is 0 Å². The molecule has 3 heteroatoms. The molecule has 234 valence electrons. The van der Waals surface area contributed by atoms with Crippen LogP contribution in [0.4, 0.5) is 0 Å². The number of pyridine rings is 1. The van der Waals surface area contributed by atoms with Gasteiger partial charge in [0, 0.05) is 44.0 Å². The molecule has 0 aliphatic carbocycles. The summed E-state index contributed by atoms with van der Waals surface area (Å²) in [5, 5.41) is 5.02. The molecule has 0 aliphatic rings. The van der Waals surface area contributed by atoms with Gasteiger partial charge in [0.05, 0.1) is 33.5 Å². The minimum absolute atomic E-state index is 0.936. The molecular formula is C47H31N3. The van der Waals surface area contributed by atoms with Crippen molar-refractivity contribution in [2.24, 2.45) is 0 Å². The van der Waals surface area contributed by atoms with E-state index in [4.69, 9.17) is 4.98 Å². The summed E-state index contributed by atoms with van der Waals surface area (Å²) in [6, 6.07) is 67.3. The van der Waals surface area contributed by atoms with Crippen molar-refractivity contribution in [1.82, 2.24) is 14.1 Å². The van der Waals surface area contributed by atoms with Crippen LogP contribution < -0.4 is 0 Å². The largest absolute Gasteiger partial charge is 0.309 e. The molecule has 7 aromatic carbocycles. The van der Waals surface area contributed by atoms with Crippen LogP contribution in [0.2, 0.25) is 0 Å². The van der Waals surface area contributed by atoms with Crippen LogP contribution in [0.3, 0.4) is 0 Å². The van der Waals surface area contributed by atoms with Gasteiger partial charge in [-0.05, 0) is 71.8 Å². The van der Waals surface area contributed by atoms with Crippen molar-refractivity contribution in [1.29, 1.82) is 0 Å². The molecule has 0 unspecified atom stereocenters. The van der Waals surface area contributed by atoms with Gasteiger partial charge >= 0.3 is 0 Å². The number of benzene rings is 7. The zero-order valence-electron chi connectivity index (χ0n) is 27.2. The van der Waals surface area contributed by atoms with Gasteiger partial charge in [-0.25, -0.2) is 4.98 Å². The van der Waals surface area contributed by atoms with Crippen LogP contribution in [-0.4, -0.2) is 14.1 Å². The Morgan fingerprint density at radius 1 is 0.280 bits per heavy atom. The molecule has 0 fully saturated rings. The number of fused-ring (bicyclic) bond motifs is 6. The van der Waals surface area contributed by atoms with Crippen LogP contribution in [0.15, 0.2) is 188 Å². The molecule has 0 radical (unpaired) electrons. The smallest absolute Gasteiger partial charge is 0.0716 e. The highest BCUT2D eigenvalue weighted by molar-refractivity contribution is 6.10. The summed E-state index contributed by atoms with van der Waals surface area (Å²) in [7, 11) is 0. The molecule has 0 N–H and O–H groups in total. The zero-order chi connectivity index (χ0) is 33.0. The molecular weight excluding hydrogens is 607 g/mol. The fourth-order valence-corrected chi connectivity index (χ4v) is 7.63. The first-order chi connectivity index (χ1) is 24.8. The quantitative estimate of drug-likeness (QED) is 0.184. The molecule has 0 amide bonds. The van der Waals surface area contributed by atoms with E-state index in [0.717, 1.165) is 45.0 Å². The van der Waals surface area contributed by atoms with Crippen molar-refractivity contribution in [3.63, 3.8) is 0 Å². The van der Waals surface area contributed by atoms with Gasteiger partial charge in [-0.3, -0.25) is 0 Å². The first-order valence-corrected chi connectivity index (χ1v) is 17.1. The van der Waals surface area contributed by atoms with Crippen LogP contribution in [-0.2, 0) is 0 Å². The van der Waals surface area contributed by atoms with Crippen molar-refractivity contribution in [3.8, 4) is 45.0 Å². The lowest BCUT2D eigenvalue weighted by atomic mass is 9.99. The van der Waals surface area contributed by atoms with E-state index in [-0.39, 0.29) is 0 Å². The van der Waals surface area contributed by atoms with E-state index in [9.17, 15) is 0 Å². The summed E-state index contributed by atoms with van der Waals surface area (Å²) in [4.78, 5) is 5.29. The van der Waals surface area contributed by atoms with Crippen LogP contribution in [0.25, 0.3) is 88.6 Å². The van der Waals surface area contributed by atoms with E-state index in [1.54, 1.807) is 0 Å². The highest BCUT2D eigenvalue weighted by Crippen LogP contribution is 2.37. The van der Waals surface area contributed by atoms with E-state index in [1.807, 2.05) is 0 Å². The minimum atomic E-state index is 0.936. The van der Waals surface area contributed by atoms with Gasteiger partial charge in [-0.1, -0.05) is 127 Å². The fraction of sp³-hybridized carbons (Fsp3) is 0. The average molecular weight is 638 g/mol. The molecule has 0 saturated carbocycles. The maximum atomic E-state index is 5.29. The summed E-state index contributed by atoms with van der Waals surface area (Å²) in [5.74, 6) is 0. The lowest BCUT2D eigenvalue weighted by molar-refractivity contribution is 1.18. The van der Waals surface area contributed by atoms with Crippen molar-refractivity contribution in [3.05, 3.63) is 188 Å². The maximum Gasteiger partial charge on any atom is 0.0716 e. The van der Waals surface area contributed by atoms with E-state index >= 15 is 0 Å². The second-order valence-corrected chi connectivity index (χ2v) is 12.8. The lowest BCUT2D eigenvalue weighted by Crippen LogP contribution is -1.96. The molecule has 50 heavy (non-hydrogen) atoms. The Morgan fingerprint density at radius 2 is 0.660 bits per heavy atom. The summed E-state index contributed by atoms with van der Waals surface area (Å²) >= 11 is 0. The first-order valence-electron chi connectivity index (χ1n) is 17.1. The highest BCUT2D eigenvalue weighted by Gasteiger charge is 2.16. The number of nitrogens with zero attached hydrogens (tertiary/aromatic N) is 3. The Morgan fingerprint density at radius 3 is 1.16 bits per heavy atom. The molecule has 0 aliphatic heterocycles. The minimum Gasteiger partial charge on any atom is -0.309 e. The Labute approximate surface area is 290 Å². The standard InChI is InChI=1S/C47H31N3/c1-2-14-32(15-3-1)42-30-35(33-16-12-18-36(28-33)49-44-24-8-4-20-38(44)39-21-5-9-25-45(39)49)31-43(48-42)34-17-13-19-37(29-34)50-46-26-10-6-22-40(46)41-23-7-11-27-47(41)50/h1-31H. The highest BCUT2D eigenvalue weighted by atomic mass is 15.0. The predicted molar refractivity (Wildman–Crippen MR) is 209 cm³/mol. The van der Waals surface area contributed by atoms with Gasteiger partial charge in [0.15, 0.2) is 0 Å². The molecule has 3 nitrogen and oxygen atoms in total. The van der Waals surface area contributed by atoms with Gasteiger partial charge in [0.1, 0.15) is 0 Å². The maximum absolute atomic E-state index is 5.29. The molecule has 0 bridgehead atoms. The van der Waals surface area contributed by atoms with E-state index < -0.39 is 0 Å². The lowest BCUT2D eigenvalue weighted by Gasteiger charge is -2.14. The zero-order valence-corrected chi connectivity index (χ0v) is 27.2. The van der Waals surface area contributed by atoms with Crippen molar-refractivity contribution < 1.29 is 0 Å². The van der Waals surface area contributed by atoms with Crippen molar-refractivity contribution in [2.75, 3.05) is 0 Å². The molecule has 0 saturated heterocycles. The molecule has 3 aromatic heterocycles. The third-order valence-corrected chi connectivity index (χ3v) is 9.89. The van der Waals surface area contributed by atoms with Crippen molar-refractivity contribution in [2.45, 2.75) is 0 Å². The van der Waals surface area contributed by atoms with E-state index in [0.29, 0.717) is 0 Å². The Balaban J connectivity index is 1.15. The van der Waals surface area contributed by atoms with Crippen LogP contribution in [0.1, 0.15) is 0 Å². The molecule has 10 rings (SSSR count). The summed E-state index contributed by atoms with van der Waals surface area (Å²) in [6.07, 6.45) is 0. The summed E-state index contributed by atoms with van der Waals surface area (Å²) < 4.78 is 4.74. The molecule has 0 spiro atoms. The number of hydrogen-bond donors (Lipinski definition) is 0. The normalized spacial score (nSPS) is 11.6. The number of para-hydroxylation sites is 4. The molecule has 0 atom stereocenters. The topological polar surface area (TPSA) is 22.8 Å². The van der Waals surface area contributed by atoms with Crippen LogP contribution in [0.5, 0.6) is 0 Å². The Hall–Kier alpha value is -6.71. The van der Waals surface area contributed by atoms with Gasteiger partial charge in [0.25, 0.3) is 0 Å². The Kier molecular flexibility index (Phi) is 6.49. The van der Waals surface area contributed by atoms with Crippen molar-refractivity contribution >= 4 is 43.6 Å². The molecule has 3 heterocycles. The predicted octanol–water partition coefficient (Wildman–Crippen LogP) is 12.3. The van der Waals surface area contributed by atoms with E-state index in [1.165, 1.54) is 43.6 Å². The Bertz CT molecular complexity index is 2590. The van der Waals surface area contributed by atoms with Gasteiger partial charge in [-0.15, -0.1) is 0 Å².